The zero-order chi connectivity index (χ0) is 8.16. The summed E-state index contributed by atoms with van der Waals surface area (Å²) in [5, 5.41) is 2.73. The van der Waals surface area contributed by atoms with E-state index in [1.165, 1.54) is 6.42 Å². The van der Waals surface area contributed by atoms with Crippen molar-refractivity contribution in [2.45, 2.75) is 37.6 Å². The lowest BCUT2D eigenvalue weighted by Gasteiger charge is -2.31. The van der Waals surface area contributed by atoms with Gasteiger partial charge in [0.15, 0.2) is 0 Å². The van der Waals surface area contributed by atoms with Crippen molar-refractivity contribution in [3.05, 3.63) is 0 Å². The number of terminal acetylenes is 1. The van der Waals surface area contributed by atoms with Gasteiger partial charge in [-0.3, -0.25) is 4.79 Å². The minimum Gasteiger partial charge on any atom is -0.342 e. The molecule has 1 amide bonds. The van der Waals surface area contributed by atoms with Crippen molar-refractivity contribution in [1.29, 1.82) is 0 Å². The molecule has 0 saturated heterocycles. The monoisotopic (exact) mass is 151 g/mol. The van der Waals surface area contributed by atoms with E-state index in [0.717, 1.165) is 25.7 Å². The van der Waals surface area contributed by atoms with Gasteiger partial charge in [-0.25, -0.2) is 0 Å². The van der Waals surface area contributed by atoms with Crippen LogP contribution < -0.4 is 5.32 Å². The predicted octanol–water partition coefficient (Wildman–Crippen LogP) is 1.07. The van der Waals surface area contributed by atoms with Gasteiger partial charge in [-0.15, -0.1) is 6.42 Å². The summed E-state index contributed by atoms with van der Waals surface area (Å²) in [4.78, 5) is 10.2. The number of hydrogen-bond donors (Lipinski definition) is 1. The Morgan fingerprint density at radius 3 is 2.45 bits per heavy atom. The van der Waals surface area contributed by atoms with Gasteiger partial charge in [0.1, 0.15) is 5.54 Å². The maximum Gasteiger partial charge on any atom is 0.208 e. The molecule has 1 N–H and O–H groups in total. The summed E-state index contributed by atoms with van der Waals surface area (Å²) in [5.74, 6) is 2.68. The highest BCUT2D eigenvalue weighted by Gasteiger charge is 2.28. The molecule has 1 aliphatic rings. The van der Waals surface area contributed by atoms with Gasteiger partial charge in [-0.2, -0.15) is 0 Å². The van der Waals surface area contributed by atoms with Crippen LogP contribution in [0.25, 0.3) is 0 Å². The second-order valence-corrected chi connectivity index (χ2v) is 3.05. The highest BCUT2D eigenvalue weighted by atomic mass is 16.1. The summed E-state index contributed by atoms with van der Waals surface area (Å²) in [5.41, 5.74) is -0.319. The third-order valence-corrected chi connectivity index (χ3v) is 2.32. The van der Waals surface area contributed by atoms with Gasteiger partial charge in [0, 0.05) is 0 Å². The predicted molar refractivity (Wildman–Crippen MR) is 43.8 cm³/mol. The van der Waals surface area contributed by atoms with Crippen molar-refractivity contribution < 1.29 is 4.79 Å². The van der Waals surface area contributed by atoms with Crippen LogP contribution in [0.4, 0.5) is 0 Å². The number of carbonyl (C=O) groups is 1. The Morgan fingerprint density at radius 1 is 1.36 bits per heavy atom. The zero-order valence-electron chi connectivity index (χ0n) is 6.60. The van der Waals surface area contributed by atoms with E-state index in [0.29, 0.717) is 6.41 Å². The summed E-state index contributed by atoms with van der Waals surface area (Å²) in [6.45, 7) is 0. The maximum absolute atomic E-state index is 10.2. The normalized spacial score (nSPS) is 21.7. The molecule has 1 saturated carbocycles. The fourth-order valence-electron chi connectivity index (χ4n) is 1.60. The molecule has 1 fully saturated rings. The number of nitrogens with one attached hydrogen (secondary N) is 1. The molecule has 1 rings (SSSR count). The lowest BCUT2D eigenvalue weighted by molar-refractivity contribution is -0.110. The van der Waals surface area contributed by atoms with E-state index in [1.807, 2.05) is 0 Å². The molecule has 1 aliphatic carbocycles. The van der Waals surface area contributed by atoms with Gasteiger partial charge in [-0.05, 0) is 12.8 Å². The van der Waals surface area contributed by atoms with E-state index in [1.54, 1.807) is 0 Å². The second kappa shape index (κ2) is 3.43. The Morgan fingerprint density at radius 2 is 2.00 bits per heavy atom. The van der Waals surface area contributed by atoms with Crippen molar-refractivity contribution >= 4 is 6.41 Å². The summed E-state index contributed by atoms with van der Waals surface area (Å²) < 4.78 is 0. The summed E-state index contributed by atoms with van der Waals surface area (Å²) in [7, 11) is 0. The van der Waals surface area contributed by atoms with Crippen LogP contribution in [-0.2, 0) is 4.79 Å². The second-order valence-electron chi connectivity index (χ2n) is 3.05. The van der Waals surface area contributed by atoms with Crippen LogP contribution in [0, 0.1) is 12.3 Å². The van der Waals surface area contributed by atoms with Crippen LogP contribution in [0.15, 0.2) is 0 Å². The van der Waals surface area contributed by atoms with Crippen LogP contribution in [-0.4, -0.2) is 11.9 Å². The van der Waals surface area contributed by atoms with Crippen LogP contribution in [0.3, 0.4) is 0 Å². The minimum absolute atomic E-state index is 0.319. The fourth-order valence-corrected chi connectivity index (χ4v) is 1.60. The number of rotatable bonds is 2. The maximum atomic E-state index is 10.2. The Kier molecular flexibility index (Phi) is 2.53. The van der Waals surface area contributed by atoms with Gasteiger partial charge >= 0.3 is 0 Å². The van der Waals surface area contributed by atoms with E-state index >= 15 is 0 Å². The van der Waals surface area contributed by atoms with Gasteiger partial charge < -0.3 is 5.32 Å². The molecule has 0 aromatic rings. The van der Waals surface area contributed by atoms with E-state index < -0.39 is 0 Å². The van der Waals surface area contributed by atoms with Crippen molar-refractivity contribution in [3.63, 3.8) is 0 Å². The number of carbonyl (C=O) groups excluding carboxylic acids is 1. The Balaban J connectivity index is 2.58. The van der Waals surface area contributed by atoms with Crippen molar-refractivity contribution in [3.8, 4) is 12.3 Å². The lowest BCUT2D eigenvalue weighted by atomic mass is 9.82. The average Bonchev–Trinajstić information content (AvgIpc) is 2.07. The molecule has 0 aromatic heterocycles. The molecule has 0 unspecified atom stereocenters. The van der Waals surface area contributed by atoms with E-state index in [9.17, 15) is 4.79 Å². The molecule has 0 aliphatic heterocycles. The first-order valence-electron chi connectivity index (χ1n) is 4.02. The summed E-state index contributed by atoms with van der Waals surface area (Å²) >= 11 is 0. The molecule has 2 nitrogen and oxygen atoms in total. The third-order valence-electron chi connectivity index (χ3n) is 2.32. The average molecular weight is 151 g/mol. The summed E-state index contributed by atoms with van der Waals surface area (Å²) in [6, 6.07) is 0. The van der Waals surface area contributed by atoms with E-state index in [-0.39, 0.29) is 5.54 Å². The van der Waals surface area contributed by atoms with E-state index in [2.05, 4.69) is 11.2 Å². The molecule has 2 heteroatoms. The van der Waals surface area contributed by atoms with E-state index in [4.69, 9.17) is 6.42 Å². The van der Waals surface area contributed by atoms with Crippen molar-refractivity contribution in [2.24, 2.45) is 0 Å². The number of amides is 1. The van der Waals surface area contributed by atoms with Gasteiger partial charge in [0.05, 0.1) is 0 Å². The molecule has 0 bridgehead atoms. The quantitative estimate of drug-likeness (QED) is 0.464. The molecule has 0 heterocycles. The van der Waals surface area contributed by atoms with Crippen LogP contribution in [0.2, 0.25) is 0 Å². The van der Waals surface area contributed by atoms with Gasteiger partial charge in [0.2, 0.25) is 6.41 Å². The molecule has 0 radical (unpaired) electrons. The largest absolute Gasteiger partial charge is 0.342 e. The zero-order valence-corrected chi connectivity index (χ0v) is 6.60. The first kappa shape index (κ1) is 8.13. The van der Waals surface area contributed by atoms with Crippen LogP contribution in [0.5, 0.6) is 0 Å². The minimum atomic E-state index is -0.319. The molecular weight excluding hydrogens is 138 g/mol. The van der Waals surface area contributed by atoms with Crippen molar-refractivity contribution in [2.75, 3.05) is 0 Å². The van der Waals surface area contributed by atoms with Crippen molar-refractivity contribution in [1.82, 2.24) is 5.32 Å². The topological polar surface area (TPSA) is 29.1 Å². The lowest BCUT2D eigenvalue weighted by Crippen LogP contribution is -2.44. The van der Waals surface area contributed by atoms with Gasteiger partial charge in [0.25, 0.3) is 0 Å². The third kappa shape index (κ3) is 1.74. The standard InChI is InChI=1S/C9H13NO/c1-2-9(10-8-11)6-4-3-5-7-9/h1,8H,3-7H2,(H,10,11). The Bertz CT molecular complexity index is 174. The van der Waals surface area contributed by atoms with Crippen LogP contribution in [0.1, 0.15) is 32.1 Å². The first-order chi connectivity index (χ1) is 5.33. The Labute approximate surface area is 67.4 Å². The highest BCUT2D eigenvalue weighted by Crippen LogP contribution is 2.26. The molecule has 0 atom stereocenters. The first-order valence-corrected chi connectivity index (χ1v) is 4.02. The molecule has 0 aromatic carbocycles. The fraction of sp³-hybridized carbons (Fsp3) is 0.667. The Hall–Kier alpha value is -0.970. The molecule has 0 spiro atoms. The highest BCUT2D eigenvalue weighted by molar-refractivity contribution is 5.50. The van der Waals surface area contributed by atoms with Gasteiger partial charge in [-0.1, -0.05) is 25.2 Å². The molecular formula is C9H13NO. The SMILES string of the molecule is C#CC1(NC=O)CCCCC1. The number of hydrogen-bond acceptors (Lipinski definition) is 1. The molecule has 11 heavy (non-hydrogen) atoms. The molecule has 60 valence electrons. The van der Waals surface area contributed by atoms with Crippen LogP contribution >= 0.6 is 0 Å². The smallest absolute Gasteiger partial charge is 0.208 e. The summed E-state index contributed by atoms with van der Waals surface area (Å²) in [6.07, 6.45) is 11.4.